The maximum absolute atomic E-state index is 13.6. The van der Waals surface area contributed by atoms with Gasteiger partial charge in [0.05, 0.1) is 5.02 Å². The molecule has 0 aliphatic heterocycles. The average Bonchev–Trinajstić information content (AvgIpc) is 2.48. The fraction of sp³-hybridized carbons (Fsp3) is 0.294. The zero-order chi connectivity index (χ0) is 15.2. The van der Waals surface area contributed by atoms with Crippen LogP contribution in [0.25, 0.3) is 0 Å². The highest BCUT2D eigenvalue weighted by Gasteiger charge is 2.15. The van der Waals surface area contributed by atoms with Gasteiger partial charge in [-0.2, -0.15) is 0 Å². The Morgan fingerprint density at radius 2 is 1.86 bits per heavy atom. The molecule has 1 unspecified atom stereocenters. The second kappa shape index (κ2) is 7.79. The first-order valence-electron chi connectivity index (χ1n) is 7.03. The van der Waals surface area contributed by atoms with Crippen molar-refractivity contribution in [3.05, 3.63) is 69.5 Å². The lowest BCUT2D eigenvalue weighted by Gasteiger charge is -2.20. The van der Waals surface area contributed by atoms with Crippen LogP contribution in [0.15, 0.2) is 42.5 Å². The normalized spacial score (nSPS) is 12.4. The Kier molecular flexibility index (Phi) is 6.04. The Morgan fingerprint density at radius 3 is 2.52 bits per heavy atom. The lowest BCUT2D eigenvalue weighted by molar-refractivity contribution is 0.527. The quantitative estimate of drug-likeness (QED) is 0.748. The number of benzene rings is 2. The Labute approximate surface area is 135 Å². The highest BCUT2D eigenvalue weighted by molar-refractivity contribution is 6.31. The minimum Gasteiger partial charge on any atom is -0.310 e. The van der Waals surface area contributed by atoms with Crippen molar-refractivity contribution >= 4 is 23.2 Å². The summed E-state index contributed by atoms with van der Waals surface area (Å²) >= 11 is 12.0. The van der Waals surface area contributed by atoms with E-state index in [-0.39, 0.29) is 16.9 Å². The number of halogens is 3. The first-order chi connectivity index (χ1) is 10.1. The van der Waals surface area contributed by atoms with Crippen LogP contribution in [0.3, 0.4) is 0 Å². The minimum atomic E-state index is -0.387. The van der Waals surface area contributed by atoms with Gasteiger partial charge in [0.15, 0.2) is 0 Å². The van der Waals surface area contributed by atoms with E-state index < -0.39 is 0 Å². The smallest absolute Gasteiger partial charge is 0.142 e. The maximum Gasteiger partial charge on any atom is 0.142 e. The lowest BCUT2D eigenvalue weighted by Crippen LogP contribution is -2.24. The molecule has 1 N–H and O–H groups in total. The van der Waals surface area contributed by atoms with Crippen LogP contribution in [0.2, 0.25) is 10.0 Å². The number of rotatable bonds is 6. The molecule has 1 nitrogen and oxygen atoms in total. The summed E-state index contributed by atoms with van der Waals surface area (Å²) in [7, 11) is 0. The summed E-state index contributed by atoms with van der Waals surface area (Å²) in [6.45, 7) is 2.99. The van der Waals surface area contributed by atoms with Gasteiger partial charge in [0, 0.05) is 11.1 Å². The summed E-state index contributed by atoms with van der Waals surface area (Å²) in [5.74, 6) is -0.387. The molecular weight excluding hydrogens is 308 g/mol. The number of hydrogen-bond donors (Lipinski definition) is 1. The summed E-state index contributed by atoms with van der Waals surface area (Å²) in [6.07, 6.45) is 1.69. The molecule has 2 aromatic carbocycles. The zero-order valence-corrected chi connectivity index (χ0v) is 13.4. The van der Waals surface area contributed by atoms with Crippen molar-refractivity contribution in [2.24, 2.45) is 0 Å². The van der Waals surface area contributed by atoms with Crippen LogP contribution < -0.4 is 5.32 Å². The largest absolute Gasteiger partial charge is 0.310 e. The van der Waals surface area contributed by atoms with Crippen LogP contribution in [0.1, 0.15) is 30.5 Å². The van der Waals surface area contributed by atoms with Gasteiger partial charge in [0.25, 0.3) is 0 Å². The molecule has 0 saturated heterocycles. The third-order valence-corrected chi connectivity index (χ3v) is 4.00. The second-order valence-electron chi connectivity index (χ2n) is 4.98. The van der Waals surface area contributed by atoms with E-state index in [0.717, 1.165) is 29.1 Å². The first-order valence-corrected chi connectivity index (χ1v) is 7.79. The number of nitrogens with one attached hydrogen (secondary N) is 1. The van der Waals surface area contributed by atoms with Gasteiger partial charge in [0.2, 0.25) is 0 Å². The van der Waals surface area contributed by atoms with Crippen LogP contribution >= 0.6 is 23.2 Å². The molecule has 112 valence electrons. The molecule has 0 amide bonds. The monoisotopic (exact) mass is 325 g/mol. The van der Waals surface area contributed by atoms with Crippen molar-refractivity contribution in [3.8, 4) is 0 Å². The maximum atomic E-state index is 13.6. The van der Waals surface area contributed by atoms with Crippen LogP contribution in [0, 0.1) is 5.82 Å². The molecule has 1 atom stereocenters. The molecule has 0 heterocycles. The van der Waals surface area contributed by atoms with E-state index >= 15 is 0 Å². The molecule has 2 rings (SSSR count). The van der Waals surface area contributed by atoms with Crippen molar-refractivity contribution in [3.63, 3.8) is 0 Å². The predicted molar refractivity (Wildman–Crippen MR) is 87.6 cm³/mol. The van der Waals surface area contributed by atoms with E-state index in [1.807, 2.05) is 30.3 Å². The van der Waals surface area contributed by atoms with E-state index in [1.165, 1.54) is 6.07 Å². The van der Waals surface area contributed by atoms with Crippen molar-refractivity contribution in [2.75, 3.05) is 6.54 Å². The summed E-state index contributed by atoms with van der Waals surface area (Å²) < 4.78 is 13.6. The zero-order valence-electron chi connectivity index (χ0n) is 11.9. The molecule has 0 bridgehead atoms. The number of hydrogen-bond acceptors (Lipinski definition) is 1. The van der Waals surface area contributed by atoms with Crippen molar-refractivity contribution < 1.29 is 4.39 Å². The van der Waals surface area contributed by atoms with Gasteiger partial charge in [-0.1, -0.05) is 54.4 Å². The summed E-state index contributed by atoms with van der Waals surface area (Å²) in [5.41, 5.74) is 1.92. The highest BCUT2D eigenvalue weighted by atomic mass is 35.5. The van der Waals surface area contributed by atoms with Gasteiger partial charge >= 0.3 is 0 Å². The van der Waals surface area contributed by atoms with Crippen molar-refractivity contribution in [2.45, 2.75) is 25.8 Å². The fourth-order valence-electron chi connectivity index (χ4n) is 2.27. The second-order valence-corrected chi connectivity index (χ2v) is 5.80. The molecule has 0 saturated carbocycles. The van der Waals surface area contributed by atoms with E-state index in [2.05, 4.69) is 12.2 Å². The highest BCUT2D eigenvalue weighted by Crippen LogP contribution is 2.26. The van der Waals surface area contributed by atoms with Crippen molar-refractivity contribution in [1.29, 1.82) is 0 Å². The van der Waals surface area contributed by atoms with E-state index in [9.17, 15) is 4.39 Å². The molecule has 0 spiro atoms. The topological polar surface area (TPSA) is 12.0 Å². The van der Waals surface area contributed by atoms with Crippen LogP contribution in [-0.4, -0.2) is 6.54 Å². The molecule has 0 aliphatic rings. The third kappa shape index (κ3) is 4.44. The summed E-state index contributed by atoms with van der Waals surface area (Å²) in [4.78, 5) is 0. The standard InChI is InChI=1S/C17H18Cl2FN/c1-2-9-21-17(13-5-3-4-6-14(13)18)11-12-7-8-15(19)16(20)10-12/h3-8,10,17,21H,2,9,11H2,1H3. The predicted octanol–water partition coefficient (Wildman–Crippen LogP) is 5.42. The first kappa shape index (κ1) is 16.3. The van der Waals surface area contributed by atoms with Gasteiger partial charge < -0.3 is 5.32 Å². The average molecular weight is 326 g/mol. The SMILES string of the molecule is CCCNC(Cc1ccc(Cl)c(F)c1)c1ccccc1Cl. The molecule has 2 aromatic rings. The van der Waals surface area contributed by atoms with Crippen LogP contribution in [0.5, 0.6) is 0 Å². The molecular formula is C17H18Cl2FN. The Hall–Kier alpha value is -1.09. The van der Waals surface area contributed by atoms with E-state index in [4.69, 9.17) is 23.2 Å². The van der Waals surface area contributed by atoms with Crippen LogP contribution in [-0.2, 0) is 6.42 Å². The van der Waals surface area contributed by atoms with Crippen LogP contribution in [0.4, 0.5) is 4.39 Å². The Morgan fingerprint density at radius 1 is 1.10 bits per heavy atom. The minimum absolute atomic E-state index is 0.0548. The van der Waals surface area contributed by atoms with Gasteiger partial charge in [-0.15, -0.1) is 0 Å². The van der Waals surface area contributed by atoms with Gasteiger partial charge in [-0.3, -0.25) is 0 Å². The Balaban J connectivity index is 2.24. The Bertz CT molecular complexity index is 601. The molecule has 4 heteroatoms. The summed E-state index contributed by atoms with van der Waals surface area (Å²) in [5, 5.41) is 4.34. The third-order valence-electron chi connectivity index (χ3n) is 3.35. The molecule has 0 aliphatic carbocycles. The molecule has 21 heavy (non-hydrogen) atoms. The van der Waals surface area contributed by atoms with Crippen molar-refractivity contribution in [1.82, 2.24) is 5.32 Å². The van der Waals surface area contributed by atoms with Gasteiger partial charge in [-0.05, 0) is 48.7 Å². The lowest BCUT2D eigenvalue weighted by atomic mass is 9.98. The van der Waals surface area contributed by atoms with Gasteiger partial charge in [0.1, 0.15) is 5.82 Å². The fourth-order valence-corrected chi connectivity index (χ4v) is 2.66. The molecule has 0 radical (unpaired) electrons. The van der Waals surface area contributed by atoms with Gasteiger partial charge in [-0.25, -0.2) is 4.39 Å². The summed E-state index contributed by atoms with van der Waals surface area (Å²) in [6, 6.07) is 12.7. The molecule has 0 fully saturated rings. The van der Waals surface area contributed by atoms with E-state index in [0.29, 0.717) is 6.42 Å². The molecule has 0 aromatic heterocycles. The van der Waals surface area contributed by atoms with E-state index in [1.54, 1.807) is 6.07 Å².